The molecule has 2 aromatic heterocycles. The predicted octanol–water partition coefficient (Wildman–Crippen LogP) is 9.21. The zero-order chi connectivity index (χ0) is 30.9. The number of hydrogen-bond donors (Lipinski definition) is 0. The molecule has 1 aliphatic heterocycles. The Balaban J connectivity index is 1.22. The lowest BCUT2D eigenvalue weighted by Crippen LogP contribution is -2.02. The van der Waals surface area contributed by atoms with Crippen LogP contribution in [0, 0.1) is 22.7 Å². The van der Waals surface area contributed by atoms with E-state index in [4.69, 9.17) is 0 Å². The van der Waals surface area contributed by atoms with Gasteiger partial charge in [0.25, 0.3) is 0 Å². The summed E-state index contributed by atoms with van der Waals surface area (Å²) in [5.41, 5.74) is 8.29. The molecule has 3 heterocycles. The van der Waals surface area contributed by atoms with Crippen molar-refractivity contribution in [3.05, 3.63) is 120 Å². The van der Waals surface area contributed by atoms with Crippen LogP contribution < -0.4 is 0 Å². The second-order valence-electron chi connectivity index (χ2n) is 11.0. The molecular weight excluding hydrogens is 552 g/mol. The van der Waals surface area contributed by atoms with Gasteiger partial charge in [-0.1, -0.05) is 60.7 Å². The highest BCUT2D eigenvalue weighted by atomic mass is 15.0. The molecule has 6 nitrogen and oxygen atoms in total. The second-order valence-corrected chi connectivity index (χ2v) is 11.0. The van der Waals surface area contributed by atoms with E-state index in [9.17, 15) is 10.5 Å². The fourth-order valence-electron chi connectivity index (χ4n) is 6.42. The lowest BCUT2D eigenvalue weighted by Gasteiger charge is -2.03. The lowest BCUT2D eigenvalue weighted by atomic mass is 10.1. The second kappa shape index (κ2) is 11.6. The third kappa shape index (κ3) is 4.93. The van der Waals surface area contributed by atoms with Gasteiger partial charge in [-0.2, -0.15) is 10.5 Å². The minimum absolute atomic E-state index is 0.0239. The van der Waals surface area contributed by atoms with Crippen molar-refractivity contribution in [1.29, 1.82) is 10.5 Å². The molecule has 216 valence electrons. The molecule has 6 aromatic rings. The van der Waals surface area contributed by atoms with Crippen molar-refractivity contribution in [3.63, 3.8) is 0 Å². The van der Waals surface area contributed by atoms with Gasteiger partial charge in [-0.3, -0.25) is 0 Å². The predicted molar refractivity (Wildman–Crippen MR) is 186 cm³/mol. The Bertz CT molecular complexity index is 2220. The molecular formula is C39H30N6. The van der Waals surface area contributed by atoms with Gasteiger partial charge in [0.05, 0.1) is 0 Å². The van der Waals surface area contributed by atoms with Crippen molar-refractivity contribution < 1.29 is 0 Å². The summed E-state index contributed by atoms with van der Waals surface area (Å²) in [4.78, 5) is 9.11. The molecule has 0 radical (unpaired) electrons. The van der Waals surface area contributed by atoms with Crippen molar-refractivity contribution in [1.82, 2.24) is 9.13 Å². The summed E-state index contributed by atoms with van der Waals surface area (Å²) in [7, 11) is 0. The molecule has 0 amide bonds. The maximum Gasteiger partial charge on any atom is 0.177 e. The number of allylic oxidation sites excluding steroid dienone is 4. The van der Waals surface area contributed by atoms with Gasteiger partial charge < -0.3 is 9.13 Å². The minimum Gasteiger partial charge on any atom is -0.341 e. The molecule has 0 bridgehead atoms. The monoisotopic (exact) mass is 582 g/mol. The van der Waals surface area contributed by atoms with Gasteiger partial charge in [-0.25, -0.2) is 9.98 Å². The summed E-state index contributed by atoms with van der Waals surface area (Å²) in [5, 5.41) is 24.4. The van der Waals surface area contributed by atoms with Gasteiger partial charge in [-0.15, -0.1) is 0 Å². The van der Waals surface area contributed by atoms with E-state index in [-0.39, 0.29) is 11.4 Å². The summed E-state index contributed by atoms with van der Waals surface area (Å²) >= 11 is 0. The molecule has 45 heavy (non-hydrogen) atoms. The normalized spacial score (nSPS) is 14.0. The summed E-state index contributed by atoms with van der Waals surface area (Å²) in [5.74, 6) is 0. The Morgan fingerprint density at radius 3 is 1.42 bits per heavy atom. The van der Waals surface area contributed by atoms with Gasteiger partial charge in [-0.05, 0) is 73.5 Å². The third-order valence-electron chi connectivity index (χ3n) is 8.47. The summed E-state index contributed by atoms with van der Waals surface area (Å²) in [6, 6.07) is 34.0. The topological polar surface area (TPSA) is 82.2 Å². The average molecular weight is 583 g/mol. The fraction of sp³-hybridized carbons (Fsp3) is 0.128. The van der Waals surface area contributed by atoms with Crippen LogP contribution in [0.5, 0.6) is 0 Å². The minimum atomic E-state index is 0.0239. The summed E-state index contributed by atoms with van der Waals surface area (Å²) in [6.45, 7) is 6.12. The number of nitrogens with zero attached hydrogens (tertiary/aromatic N) is 6. The zero-order valence-corrected chi connectivity index (χ0v) is 25.2. The number of fused-ring (bicyclic) bond motifs is 6. The SMILES string of the molecule is CCn1c2ccccc2c2cc(/C=C/C3=NC(C#N)=C(C#N)N=C(/C=C/c4ccc5c(c4)c4ccccc4n5CC)C3)ccc21. The number of benzene rings is 4. The van der Waals surface area contributed by atoms with Crippen LogP contribution in [0.1, 0.15) is 31.4 Å². The van der Waals surface area contributed by atoms with E-state index in [1.165, 1.54) is 43.6 Å². The molecule has 1 aliphatic rings. The van der Waals surface area contributed by atoms with Crippen LogP contribution >= 0.6 is 0 Å². The van der Waals surface area contributed by atoms with Crippen LogP contribution in [0.3, 0.4) is 0 Å². The number of para-hydroxylation sites is 2. The van der Waals surface area contributed by atoms with E-state index in [2.05, 4.69) is 130 Å². The Morgan fingerprint density at radius 1 is 0.578 bits per heavy atom. The van der Waals surface area contributed by atoms with Crippen LogP contribution in [0.4, 0.5) is 0 Å². The fourth-order valence-corrected chi connectivity index (χ4v) is 6.42. The van der Waals surface area contributed by atoms with E-state index < -0.39 is 0 Å². The van der Waals surface area contributed by atoms with E-state index in [0.717, 1.165) is 24.2 Å². The Labute approximate surface area is 261 Å². The quantitative estimate of drug-likeness (QED) is 0.196. The number of rotatable bonds is 6. The van der Waals surface area contributed by atoms with Crippen LogP contribution in [0.25, 0.3) is 55.8 Å². The Hall–Kier alpha value is -5.98. The van der Waals surface area contributed by atoms with Crippen molar-refractivity contribution in [3.8, 4) is 12.1 Å². The first-order chi connectivity index (χ1) is 22.1. The molecule has 0 unspecified atom stereocenters. The molecule has 0 saturated carbocycles. The molecule has 0 aliphatic carbocycles. The standard InChI is InChI=1S/C39H30N6/c1-3-44-36-11-7-5-9-30(36)32-21-26(15-19-38(32)44)13-17-28-23-29(43-35(25-41)34(24-40)42-28)18-14-27-16-20-39-33(22-27)31-10-6-8-12-37(31)45(39)4-2/h5-22H,3-4,23H2,1-2H3/b17-13+,18-14+. The summed E-state index contributed by atoms with van der Waals surface area (Å²) < 4.78 is 4.66. The van der Waals surface area contributed by atoms with Gasteiger partial charge in [0.15, 0.2) is 11.4 Å². The highest BCUT2D eigenvalue weighted by Gasteiger charge is 2.14. The highest BCUT2D eigenvalue weighted by Crippen LogP contribution is 2.31. The number of aliphatic imine (C=N–C) groups is 2. The molecule has 6 heteroatoms. The Kier molecular flexibility index (Phi) is 7.17. The van der Waals surface area contributed by atoms with E-state index in [1.54, 1.807) is 0 Å². The van der Waals surface area contributed by atoms with E-state index in [0.29, 0.717) is 17.8 Å². The molecule has 0 spiro atoms. The van der Waals surface area contributed by atoms with Gasteiger partial charge in [0.1, 0.15) is 12.1 Å². The molecule has 0 saturated heterocycles. The zero-order valence-electron chi connectivity index (χ0n) is 25.2. The average Bonchev–Trinajstić information content (AvgIpc) is 3.50. The largest absolute Gasteiger partial charge is 0.341 e. The van der Waals surface area contributed by atoms with Crippen LogP contribution in [-0.2, 0) is 13.1 Å². The summed E-state index contributed by atoms with van der Waals surface area (Å²) in [6.07, 6.45) is 8.26. The number of aromatic nitrogens is 2. The lowest BCUT2D eigenvalue weighted by molar-refractivity contribution is 0.827. The number of aryl methyl sites for hydroxylation is 2. The van der Waals surface area contributed by atoms with Gasteiger partial charge in [0.2, 0.25) is 0 Å². The van der Waals surface area contributed by atoms with Crippen LogP contribution in [0.15, 0.2) is 118 Å². The maximum atomic E-state index is 9.79. The molecule has 0 N–H and O–H groups in total. The molecule has 7 rings (SSSR count). The molecule has 0 fully saturated rings. The van der Waals surface area contributed by atoms with E-state index in [1.807, 2.05) is 24.3 Å². The van der Waals surface area contributed by atoms with Crippen LogP contribution in [0.2, 0.25) is 0 Å². The number of nitriles is 2. The van der Waals surface area contributed by atoms with Crippen LogP contribution in [-0.4, -0.2) is 20.6 Å². The van der Waals surface area contributed by atoms with Crippen molar-refractivity contribution in [2.24, 2.45) is 9.98 Å². The third-order valence-corrected chi connectivity index (χ3v) is 8.47. The molecule has 0 atom stereocenters. The first-order valence-corrected chi connectivity index (χ1v) is 15.2. The molecule has 4 aromatic carbocycles. The van der Waals surface area contributed by atoms with Crippen molar-refractivity contribution in [2.75, 3.05) is 0 Å². The van der Waals surface area contributed by atoms with Crippen molar-refractivity contribution in [2.45, 2.75) is 33.4 Å². The highest BCUT2D eigenvalue weighted by molar-refractivity contribution is 6.17. The first kappa shape index (κ1) is 27.8. The van der Waals surface area contributed by atoms with E-state index >= 15 is 0 Å². The number of hydrogen-bond acceptors (Lipinski definition) is 4. The van der Waals surface area contributed by atoms with Gasteiger partial charge >= 0.3 is 0 Å². The smallest absolute Gasteiger partial charge is 0.177 e. The Morgan fingerprint density at radius 2 is 1.00 bits per heavy atom. The first-order valence-electron chi connectivity index (χ1n) is 15.2. The van der Waals surface area contributed by atoms with Gasteiger partial charge in [0, 0.05) is 74.5 Å². The van der Waals surface area contributed by atoms with Crippen molar-refractivity contribution >= 4 is 67.2 Å². The maximum absolute atomic E-state index is 9.79.